The Balaban J connectivity index is 2.10. The van der Waals surface area contributed by atoms with E-state index < -0.39 is 0 Å². The molecule has 1 aliphatic heterocycles. The van der Waals surface area contributed by atoms with Crippen LogP contribution in [0.1, 0.15) is 25.8 Å². The van der Waals surface area contributed by atoms with E-state index in [9.17, 15) is 4.79 Å². The summed E-state index contributed by atoms with van der Waals surface area (Å²) in [6.45, 7) is 3.21. The minimum atomic E-state index is 0.0653. The zero-order chi connectivity index (χ0) is 13.6. The standard InChI is InChI=1S/C13H17N3OS2/c1-8-7-9(3-5-15(8)2)16-12(17)11-10(4-6-19-11)14-13(16)18/h4,6,8-9H,3,5,7H2,1-2H3,(H,14,18). The normalized spacial score (nSPS) is 24.9. The highest BCUT2D eigenvalue weighted by Gasteiger charge is 2.25. The second-order valence-corrected chi connectivity index (χ2v) is 6.58. The molecule has 0 spiro atoms. The fraction of sp³-hybridized carbons (Fsp3) is 0.538. The molecule has 0 bridgehead atoms. The van der Waals surface area contributed by atoms with Crippen LogP contribution in [-0.4, -0.2) is 34.1 Å². The van der Waals surface area contributed by atoms with Crippen molar-refractivity contribution in [3.05, 3.63) is 26.6 Å². The molecule has 102 valence electrons. The van der Waals surface area contributed by atoms with E-state index in [0.29, 0.717) is 10.8 Å². The van der Waals surface area contributed by atoms with Crippen LogP contribution < -0.4 is 5.56 Å². The van der Waals surface area contributed by atoms with Crippen LogP contribution in [-0.2, 0) is 0 Å². The highest BCUT2D eigenvalue weighted by molar-refractivity contribution is 7.71. The molecule has 1 fully saturated rings. The molecule has 0 radical (unpaired) electrons. The second kappa shape index (κ2) is 4.85. The Kier molecular flexibility index (Phi) is 3.32. The van der Waals surface area contributed by atoms with Crippen LogP contribution in [0.3, 0.4) is 0 Å². The fourth-order valence-electron chi connectivity index (χ4n) is 2.78. The molecular weight excluding hydrogens is 278 g/mol. The van der Waals surface area contributed by atoms with E-state index in [0.717, 1.165) is 29.6 Å². The maximum Gasteiger partial charge on any atom is 0.272 e. The molecule has 4 nitrogen and oxygen atoms in total. The highest BCUT2D eigenvalue weighted by Crippen LogP contribution is 2.26. The summed E-state index contributed by atoms with van der Waals surface area (Å²) in [5.41, 5.74) is 0.924. The minimum Gasteiger partial charge on any atom is -0.331 e. The van der Waals surface area contributed by atoms with Crippen LogP contribution in [0.4, 0.5) is 0 Å². The number of fused-ring (bicyclic) bond motifs is 1. The molecular formula is C13H17N3OS2. The number of hydrogen-bond donors (Lipinski definition) is 1. The highest BCUT2D eigenvalue weighted by atomic mass is 32.1. The summed E-state index contributed by atoms with van der Waals surface area (Å²) >= 11 is 6.86. The van der Waals surface area contributed by atoms with Gasteiger partial charge in [0, 0.05) is 18.6 Å². The average molecular weight is 295 g/mol. The molecule has 2 aromatic heterocycles. The van der Waals surface area contributed by atoms with Crippen molar-refractivity contribution in [2.45, 2.75) is 31.8 Å². The van der Waals surface area contributed by atoms with Gasteiger partial charge in [-0.3, -0.25) is 9.36 Å². The van der Waals surface area contributed by atoms with E-state index in [4.69, 9.17) is 12.2 Å². The van der Waals surface area contributed by atoms with Crippen molar-refractivity contribution < 1.29 is 0 Å². The lowest BCUT2D eigenvalue weighted by Crippen LogP contribution is -2.41. The SMILES string of the molecule is CC1CC(n2c(=S)[nH]c3ccsc3c2=O)CCN1C. The number of aromatic amines is 1. The third kappa shape index (κ3) is 2.17. The van der Waals surface area contributed by atoms with Crippen molar-refractivity contribution in [2.75, 3.05) is 13.6 Å². The smallest absolute Gasteiger partial charge is 0.272 e. The first-order valence-corrected chi connectivity index (χ1v) is 7.79. The Morgan fingerprint density at radius 2 is 2.32 bits per heavy atom. The van der Waals surface area contributed by atoms with E-state index in [1.54, 1.807) is 4.57 Å². The maximum absolute atomic E-state index is 12.6. The molecule has 2 unspecified atom stereocenters. The van der Waals surface area contributed by atoms with Crippen molar-refractivity contribution in [2.24, 2.45) is 0 Å². The number of piperidine rings is 1. The quantitative estimate of drug-likeness (QED) is 0.823. The van der Waals surface area contributed by atoms with Gasteiger partial charge in [-0.05, 0) is 50.5 Å². The van der Waals surface area contributed by atoms with E-state index in [2.05, 4.69) is 23.9 Å². The summed E-state index contributed by atoms with van der Waals surface area (Å²) in [6.07, 6.45) is 1.96. The molecule has 2 atom stereocenters. The number of aromatic nitrogens is 2. The number of thiophene rings is 1. The molecule has 19 heavy (non-hydrogen) atoms. The zero-order valence-corrected chi connectivity index (χ0v) is 12.7. The predicted octanol–water partition coefficient (Wildman–Crippen LogP) is 2.78. The number of nitrogens with one attached hydrogen (secondary N) is 1. The molecule has 2 aromatic rings. The predicted molar refractivity (Wildman–Crippen MR) is 81.6 cm³/mol. The monoisotopic (exact) mass is 295 g/mol. The van der Waals surface area contributed by atoms with Crippen molar-refractivity contribution in [1.82, 2.24) is 14.5 Å². The largest absolute Gasteiger partial charge is 0.331 e. The Hall–Kier alpha value is -0.980. The summed E-state index contributed by atoms with van der Waals surface area (Å²) in [5, 5.41) is 1.93. The van der Waals surface area contributed by atoms with Gasteiger partial charge in [0.1, 0.15) is 4.70 Å². The average Bonchev–Trinajstić information content (AvgIpc) is 2.82. The molecule has 0 saturated carbocycles. The molecule has 3 heterocycles. The van der Waals surface area contributed by atoms with Crippen molar-refractivity contribution in [3.8, 4) is 0 Å². The van der Waals surface area contributed by atoms with E-state index in [1.165, 1.54) is 11.3 Å². The Morgan fingerprint density at radius 3 is 3.05 bits per heavy atom. The van der Waals surface area contributed by atoms with Gasteiger partial charge in [-0.25, -0.2) is 0 Å². The van der Waals surface area contributed by atoms with Crippen LogP contribution >= 0.6 is 23.6 Å². The second-order valence-electron chi connectivity index (χ2n) is 5.28. The van der Waals surface area contributed by atoms with Gasteiger partial charge >= 0.3 is 0 Å². The maximum atomic E-state index is 12.6. The molecule has 0 aromatic carbocycles. The van der Waals surface area contributed by atoms with Crippen molar-refractivity contribution >= 4 is 33.8 Å². The zero-order valence-electron chi connectivity index (χ0n) is 11.0. The topological polar surface area (TPSA) is 41.0 Å². The number of hydrogen-bond acceptors (Lipinski definition) is 4. The summed E-state index contributed by atoms with van der Waals surface area (Å²) in [6, 6.07) is 2.62. The van der Waals surface area contributed by atoms with Gasteiger partial charge in [0.05, 0.1) is 5.52 Å². The van der Waals surface area contributed by atoms with Gasteiger partial charge in [0.2, 0.25) is 0 Å². The van der Waals surface area contributed by atoms with Crippen LogP contribution in [0.25, 0.3) is 10.2 Å². The van der Waals surface area contributed by atoms with Gasteiger partial charge in [-0.1, -0.05) is 0 Å². The van der Waals surface area contributed by atoms with Crippen LogP contribution in [0.2, 0.25) is 0 Å². The Morgan fingerprint density at radius 1 is 1.53 bits per heavy atom. The first kappa shape index (κ1) is 13.0. The molecule has 0 aliphatic carbocycles. The molecule has 1 N–H and O–H groups in total. The third-order valence-electron chi connectivity index (χ3n) is 4.08. The molecule has 1 saturated heterocycles. The summed E-state index contributed by atoms with van der Waals surface area (Å²) in [5.74, 6) is 0. The van der Waals surface area contributed by atoms with E-state index in [1.807, 2.05) is 11.4 Å². The van der Waals surface area contributed by atoms with E-state index in [-0.39, 0.29) is 11.6 Å². The number of nitrogens with zero attached hydrogens (tertiary/aromatic N) is 2. The Labute approximate surface area is 120 Å². The van der Waals surface area contributed by atoms with Crippen LogP contribution in [0, 0.1) is 4.77 Å². The first-order valence-electron chi connectivity index (χ1n) is 6.50. The lowest BCUT2D eigenvalue weighted by molar-refractivity contribution is 0.154. The van der Waals surface area contributed by atoms with E-state index >= 15 is 0 Å². The number of H-pyrrole nitrogens is 1. The summed E-state index contributed by atoms with van der Waals surface area (Å²) in [4.78, 5) is 18.1. The van der Waals surface area contributed by atoms with Gasteiger partial charge < -0.3 is 9.88 Å². The van der Waals surface area contributed by atoms with Crippen molar-refractivity contribution in [3.63, 3.8) is 0 Å². The van der Waals surface area contributed by atoms with Crippen LogP contribution in [0.15, 0.2) is 16.2 Å². The molecule has 6 heteroatoms. The fourth-order valence-corrected chi connectivity index (χ4v) is 3.91. The molecule has 1 aliphatic rings. The van der Waals surface area contributed by atoms with Crippen molar-refractivity contribution in [1.29, 1.82) is 0 Å². The Bertz CT molecular complexity index is 714. The molecule has 3 rings (SSSR count). The third-order valence-corrected chi connectivity index (χ3v) is 5.29. The van der Waals surface area contributed by atoms with Gasteiger partial charge in [0.25, 0.3) is 5.56 Å². The minimum absolute atomic E-state index is 0.0653. The first-order chi connectivity index (χ1) is 9.08. The number of likely N-dealkylation sites (tertiary alicyclic amines) is 1. The van der Waals surface area contributed by atoms with Gasteiger partial charge in [0.15, 0.2) is 4.77 Å². The number of rotatable bonds is 1. The van der Waals surface area contributed by atoms with Gasteiger partial charge in [-0.2, -0.15) is 0 Å². The van der Waals surface area contributed by atoms with Gasteiger partial charge in [-0.15, -0.1) is 11.3 Å². The van der Waals surface area contributed by atoms with Crippen LogP contribution in [0.5, 0.6) is 0 Å². The molecule has 0 amide bonds. The lowest BCUT2D eigenvalue weighted by atomic mass is 9.99. The lowest BCUT2D eigenvalue weighted by Gasteiger charge is -2.35. The summed E-state index contributed by atoms with van der Waals surface area (Å²) < 4.78 is 3.12. The summed E-state index contributed by atoms with van der Waals surface area (Å²) in [7, 11) is 2.13.